The van der Waals surface area contributed by atoms with E-state index in [1.165, 1.54) is 0 Å². The van der Waals surface area contributed by atoms with E-state index in [1.54, 1.807) is 4.90 Å². The fraction of sp³-hybridized carbons (Fsp3) is 0.889. The minimum Gasteiger partial charge on any atom is -0.373 e. The molecule has 3 nitrogen and oxygen atoms in total. The van der Waals surface area contributed by atoms with E-state index < -0.39 is 6.23 Å². The Kier molecular flexibility index (Phi) is 3.24. The van der Waals surface area contributed by atoms with Crippen LogP contribution in [-0.4, -0.2) is 28.7 Å². The Morgan fingerprint density at radius 3 is 2.85 bits per heavy atom. The van der Waals surface area contributed by atoms with Gasteiger partial charge in [0.2, 0.25) is 5.91 Å². The van der Waals surface area contributed by atoms with Gasteiger partial charge in [-0.15, -0.1) is 0 Å². The molecule has 1 amide bonds. The molecule has 1 N–H and O–H groups in total. The van der Waals surface area contributed by atoms with Gasteiger partial charge >= 0.3 is 0 Å². The molecule has 4 heteroatoms. The SMILES string of the molecule is CCN1C(=O)C2CCC(C2)C1O.S. The lowest BCUT2D eigenvalue weighted by Crippen LogP contribution is -2.49. The predicted octanol–water partition coefficient (Wildman–Crippen LogP) is 0.696. The fourth-order valence-electron chi connectivity index (χ4n) is 2.47. The van der Waals surface area contributed by atoms with Crippen molar-refractivity contribution in [1.82, 2.24) is 4.90 Å². The number of aliphatic hydroxyl groups excluding tert-OH is 1. The quantitative estimate of drug-likeness (QED) is 0.681. The van der Waals surface area contributed by atoms with Gasteiger partial charge in [0.25, 0.3) is 0 Å². The largest absolute Gasteiger partial charge is 0.373 e. The highest BCUT2D eigenvalue weighted by molar-refractivity contribution is 7.59. The molecule has 3 unspecified atom stereocenters. The maximum Gasteiger partial charge on any atom is 0.227 e. The average molecular weight is 203 g/mol. The highest BCUT2D eigenvalue weighted by Crippen LogP contribution is 2.39. The van der Waals surface area contributed by atoms with Crippen LogP contribution in [0.2, 0.25) is 0 Å². The lowest BCUT2D eigenvalue weighted by molar-refractivity contribution is -0.154. The highest BCUT2D eigenvalue weighted by atomic mass is 32.1. The number of rotatable bonds is 1. The number of hydrogen-bond donors (Lipinski definition) is 1. The Balaban J connectivity index is 0.000000845. The van der Waals surface area contributed by atoms with Gasteiger partial charge in [-0.1, -0.05) is 0 Å². The first-order valence-electron chi connectivity index (χ1n) is 4.72. The zero-order valence-corrected chi connectivity index (χ0v) is 8.86. The Hall–Kier alpha value is -0.220. The molecule has 1 saturated heterocycles. The molecule has 76 valence electrons. The third kappa shape index (κ3) is 1.57. The molecule has 0 aromatic carbocycles. The normalized spacial score (nSPS) is 37.5. The molecule has 0 aromatic heterocycles. The van der Waals surface area contributed by atoms with Crippen LogP contribution in [0.15, 0.2) is 0 Å². The van der Waals surface area contributed by atoms with E-state index >= 15 is 0 Å². The van der Waals surface area contributed by atoms with Gasteiger partial charge in [-0.05, 0) is 26.2 Å². The predicted molar refractivity (Wildman–Crippen MR) is 54.6 cm³/mol. The molecule has 1 heterocycles. The van der Waals surface area contributed by atoms with Crippen LogP contribution in [-0.2, 0) is 4.79 Å². The summed E-state index contributed by atoms with van der Waals surface area (Å²) in [4.78, 5) is 13.2. The third-order valence-corrected chi connectivity index (χ3v) is 3.19. The molecule has 2 bridgehead atoms. The molecule has 2 fully saturated rings. The molecule has 3 atom stereocenters. The van der Waals surface area contributed by atoms with Crippen molar-refractivity contribution in [2.45, 2.75) is 32.4 Å². The van der Waals surface area contributed by atoms with Crippen molar-refractivity contribution in [1.29, 1.82) is 0 Å². The summed E-state index contributed by atoms with van der Waals surface area (Å²) in [6.45, 7) is 2.57. The number of piperidine rings is 1. The zero-order chi connectivity index (χ0) is 8.72. The fourth-order valence-corrected chi connectivity index (χ4v) is 2.47. The van der Waals surface area contributed by atoms with Gasteiger partial charge in [-0.2, -0.15) is 13.5 Å². The van der Waals surface area contributed by atoms with Crippen molar-refractivity contribution in [2.24, 2.45) is 11.8 Å². The van der Waals surface area contributed by atoms with Crippen molar-refractivity contribution >= 4 is 19.4 Å². The summed E-state index contributed by atoms with van der Waals surface area (Å²) in [5.74, 6) is 0.741. The van der Waals surface area contributed by atoms with E-state index in [0.29, 0.717) is 12.5 Å². The van der Waals surface area contributed by atoms with Crippen LogP contribution in [0.4, 0.5) is 0 Å². The maximum atomic E-state index is 11.6. The van der Waals surface area contributed by atoms with Gasteiger partial charge in [-0.25, -0.2) is 0 Å². The standard InChI is InChI=1S/C9H15NO2.H2S/c1-2-10-8(11)6-3-4-7(5-6)9(10)12;/h6-8,11H,2-5H2,1H3;1H2. The summed E-state index contributed by atoms with van der Waals surface area (Å²) in [6, 6.07) is 0. The van der Waals surface area contributed by atoms with Gasteiger partial charge < -0.3 is 10.0 Å². The smallest absolute Gasteiger partial charge is 0.227 e. The number of aliphatic hydroxyl groups is 1. The van der Waals surface area contributed by atoms with E-state index in [9.17, 15) is 9.90 Å². The number of carbonyl (C=O) groups is 1. The summed E-state index contributed by atoms with van der Waals surface area (Å²) in [5, 5.41) is 9.73. The number of likely N-dealkylation sites (tertiary alicyclic amines) is 1. The second-order valence-corrected chi connectivity index (χ2v) is 3.81. The molecule has 1 aliphatic carbocycles. The van der Waals surface area contributed by atoms with Gasteiger partial charge in [0, 0.05) is 18.4 Å². The molecular formula is C9H17NO2S. The molecule has 2 aliphatic rings. The molecule has 2 rings (SSSR count). The third-order valence-electron chi connectivity index (χ3n) is 3.19. The van der Waals surface area contributed by atoms with E-state index in [4.69, 9.17) is 0 Å². The monoisotopic (exact) mass is 203 g/mol. The number of hydrogen-bond acceptors (Lipinski definition) is 2. The van der Waals surface area contributed by atoms with Gasteiger partial charge in [0.1, 0.15) is 6.23 Å². The molecule has 1 aliphatic heterocycles. The molecule has 0 radical (unpaired) electrons. The van der Waals surface area contributed by atoms with Crippen LogP contribution in [0.5, 0.6) is 0 Å². The molecular weight excluding hydrogens is 186 g/mol. The Morgan fingerprint density at radius 1 is 1.54 bits per heavy atom. The molecule has 0 aromatic rings. The molecule has 1 saturated carbocycles. The summed E-state index contributed by atoms with van der Waals surface area (Å²) in [5.41, 5.74) is 0. The highest BCUT2D eigenvalue weighted by Gasteiger charge is 2.44. The summed E-state index contributed by atoms with van der Waals surface area (Å²) in [7, 11) is 0. The van der Waals surface area contributed by atoms with E-state index in [0.717, 1.165) is 19.3 Å². The number of fused-ring (bicyclic) bond motifs is 2. The molecule has 0 spiro atoms. The average Bonchev–Trinajstić information content (AvgIpc) is 2.48. The van der Waals surface area contributed by atoms with Crippen molar-refractivity contribution < 1.29 is 9.90 Å². The maximum absolute atomic E-state index is 11.6. The van der Waals surface area contributed by atoms with Crippen molar-refractivity contribution in [3.8, 4) is 0 Å². The van der Waals surface area contributed by atoms with Crippen molar-refractivity contribution in [2.75, 3.05) is 6.54 Å². The summed E-state index contributed by atoms with van der Waals surface area (Å²) in [6.07, 6.45) is 2.42. The minimum atomic E-state index is -0.499. The van der Waals surface area contributed by atoms with Crippen molar-refractivity contribution in [3.05, 3.63) is 0 Å². The van der Waals surface area contributed by atoms with Crippen LogP contribution < -0.4 is 0 Å². The first kappa shape index (κ1) is 10.9. The first-order chi connectivity index (χ1) is 5.74. The zero-order valence-electron chi connectivity index (χ0n) is 7.86. The van der Waals surface area contributed by atoms with Crippen LogP contribution in [0.3, 0.4) is 0 Å². The minimum absolute atomic E-state index is 0. The summed E-state index contributed by atoms with van der Waals surface area (Å²) >= 11 is 0. The van der Waals surface area contributed by atoms with Crippen LogP contribution >= 0.6 is 13.5 Å². The van der Waals surface area contributed by atoms with E-state index in [2.05, 4.69) is 0 Å². The van der Waals surface area contributed by atoms with Crippen LogP contribution in [0.1, 0.15) is 26.2 Å². The topological polar surface area (TPSA) is 40.5 Å². The second kappa shape index (κ2) is 3.88. The first-order valence-corrected chi connectivity index (χ1v) is 4.72. The van der Waals surface area contributed by atoms with E-state index in [-0.39, 0.29) is 25.3 Å². The van der Waals surface area contributed by atoms with Crippen LogP contribution in [0, 0.1) is 11.8 Å². The van der Waals surface area contributed by atoms with Crippen molar-refractivity contribution in [3.63, 3.8) is 0 Å². The second-order valence-electron chi connectivity index (χ2n) is 3.81. The molecule has 13 heavy (non-hydrogen) atoms. The number of amides is 1. The van der Waals surface area contributed by atoms with Gasteiger partial charge in [-0.3, -0.25) is 4.79 Å². The Morgan fingerprint density at radius 2 is 2.23 bits per heavy atom. The lowest BCUT2D eigenvalue weighted by atomic mass is 9.96. The Labute approximate surface area is 85.6 Å². The lowest BCUT2D eigenvalue weighted by Gasteiger charge is -2.35. The van der Waals surface area contributed by atoms with Gasteiger partial charge in [0.05, 0.1) is 0 Å². The number of nitrogens with zero attached hydrogens (tertiary/aromatic N) is 1. The Bertz CT molecular complexity index is 210. The summed E-state index contributed by atoms with van der Waals surface area (Å²) < 4.78 is 0. The van der Waals surface area contributed by atoms with Gasteiger partial charge in [0.15, 0.2) is 0 Å². The van der Waals surface area contributed by atoms with Crippen LogP contribution in [0.25, 0.3) is 0 Å². The van der Waals surface area contributed by atoms with E-state index in [1.807, 2.05) is 6.92 Å². The number of carbonyl (C=O) groups excluding carboxylic acids is 1.